The third-order valence-corrected chi connectivity index (χ3v) is 9.73. The molecule has 32 heavy (non-hydrogen) atoms. The smallest absolute Gasteiger partial charge is 0.321 e. The lowest BCUT2D eigenvalue weighted by Crippen LogP contribution is -2.55. The molecule has 0 aromatic carbocycles. The van der Waals surface area contributed by atoms with Crippen molar-refractivity contribution < 1.29 is 19.1 Å². The molecule has 0 aromatic heterocycles. The van der Waals surface area contributed by atoms with E-state index in [2.05, 4.69) is 17.7 Å². The van der Waals surface area contributed by atoms with E-state index < -0.39 is 5.60 Å². The second-order valence-corrected chi connectivity index (χ2v) is 10.7. The molecule has 5 nitrogen and oxygen atoms in total. The standard InChI is InChI=1S/C27H37NO4/c1-3-26-11-9-22-21-8-6-20(29)17-19(21)5-7-23(22)24(26)10-12-27(26,4-2)32-25(30)18-28-13-15-31-16-14-28/h2,17,21-24H,3,5-16,18H2,1H3/t21-,22+,23+,24-,26-,27?/m0/s1. The van der Waals surface area contributed by atoms with Gasteiger partial charge in [0, 0.05) is 24.9 Å². The van der Waals surface area contributed by atoms with Crippen LogP contribution < -0.4 is 0 Å². The number of hydrogen-bond donors (Lipinski definition) is 0. The second kappa shape index (κ2) is 8.61. The van der Waals surface area contributed by atoms with Gasteiger partial charge in [0.05, 0.1) is 19.8 Å². The Bertz CT molecular complexity index is 837. The van der Waals surface area contributed by atoms with Crippen molar-refractivity contribution >= 4 is 11.8 Å². The van der Waals surface area contributed by atoms with E-state index in [1.807, 2.05) is 6.08 Å². The van der Waals surface area contributed by atoms with E-state index >= 15 is 0 Å². The molecule has 5 heteroatoms. The van der Waals surface area contributed by atoms with Crippen LogP contribution in [0.25, 0.3) is 0 Å². The highest BCUT2D eigenvalue weighted by molar-refractivity contribution is 5.91. The Hall–Kier alpha value is -1.64. The first kappa shape index (κ1) is 22.2. The number of terminal acetylenes is 1. The predicted octanol–water partition coefficient (Wildman–Crippen LogP) is 3.77. The maximum atomic E-state index is 13.0. The van der Waals surface area contributed by atoms with Crippen molar-refractivity contribution in [2.45, 2.75) is 70.3 Å². The lowest BCUT2D eigenvalue weighted by molar-refractivity contribution is -0.175. The van der Waals surface area contributed by atoms with E-state index in [0.29, 0.717) is 55.6 Å². The molecule has 5 aliphatic rings. The minimum absolute atomic E-state index is 0.116. The van der Waals surface area contributed by atoms with Crippen molar-refractivity contribution in [3.05, 3.63) is 11.6 Å². The summed E-state index contributed by atoms with van der Waals surface area (Å²) in [4.78, 5) is 27.1. The van der Waals surface area contributed by atoms with Crippen LogP contribution in [0.15, 0.2) is 11.6 Å². The van der Waals surface area contributed by atoms with Crippen molar-refractivity contribution in [3.8, 4) is 12.3 Å². The molecule has 0 radical (unpaired) electrons. The van der Waals surface area contributed by atoms with Crippen molar-refractivity contribution in [3.63, 3.8) is 0 Å². The zero-order chi connectivity index (χ0) is 22.3. The summed E-state index contributed by atoms with van der Waals surface area (Å²) in [6.07, 6.45) is 17.0. The van der Waals surface area contributed by atoms with E-state index in [1.54, 1.807) is 0 Å². The number of hydrogen-bond acceptors (Lipinski definition) is 5. The van der Waals surface area contributed by atoms with Crippen molar-refractivity contribution in [2.24, 2.45) is 29.1 Å². The van der Waals surface area contributed by atoms with Crippen LogP contribution >= 0.6 is 0 Å². The summed E-state index contributed by atoms with van der Waals surface area (Å²) in [6, 6.07) is 0. The summed E-state index contributed by atoms with van der Waals surface area (Å²) < 4.78 is 11.7. The van der Waals surface area contributed by atoms with Gasteiger partial charge in [0.15, 0.2) is 11.4 Å². The minimum Gasteiger partial charge on any atom is -0.444 e. The van der Waals surface area contributed by atoms with Crippen LogP contribution in [0.3, 0.4) is 0 Å². The maximum Gasteiger partial charge on any atom is 0.321 e. The Labute approximate surface area is 192 Å². The highest BCUT2D eigenvalue weighted by Gasteiger charge is 2.65. The van der Waals surface area contributed by atoms with Gasteiger partial charge in [-0.25, -0.2) is 0 Å². The number of allylic oxidation sites excluding steroid dienone is 1. The van der Waals surface area contributed by atoms with Gasteiger partial charge in [0.2, 0.25) is 0 Å². The summed E-state index contributed by atoms with van der Waals surface area (Å²) in [7, 11) is 0. The Morgan fingerprint density at radius 2 is 2.00 bits per heavy atom. The molecule has 3 saturated carbocycles. The molecule has 0 aromatic rings. The van der Waals surface area contributed by atoms with Crippen LogP contribution in [0.2, 0.25) is 0 Å². The number of rotatable bonds is 4. The van der Waals surface area contributed by atoms with E-state index in [4.69, 9.17) is 15.9 Å². The lowest BCUT2D eigenvalue weighted by Gasteiger charge is -2.56. The molecule has 0 spiro atoms. The highest BCUT2D eigenvalue weighted by Crippen LogP contribution is 2.67. The van der Waals surface area contributed by atoms with Crippen LogP contribution in [0.5, 0.6) is 0 Å². The Morgan fingerprint density at radius 3 is 2.75 bits per heavy atom. The number of carbonyl (C=O) groups excluding carboxylic acids is 2. The second-order valence-electron chi connectivity index (χ2n) is 10.7. The largest absolute Gasteiger partial charge is 0.444 e. The van der Waals surface area contributed by atoms with Crippen molar-refractivity contribution in [1.82, 2.24) is 4.90 Å². The first-order valence-electron chi connectivity index (χ1n) is 12.7. The molecule has 1 saturated heterocycles. The number of ketones is 1. The van der Waals surface area contributed by atoms with Gasteiger partial charge in [-0.3, -0.25) is 14.5 Å². The van der Waals surface area contributed by atoms with Gasteiger partial charge < -0.3 is 9.47 Å². The maximum absolute atomic E-state index is 13.0. The van der Waals surface area contributed by atoms with Crippen molar-refractivity contribution in [1.29, 1.82) is 0 Å². The molecular formula is C27H37NO4. The third-order valence-electron chi connectivity index (χ3n) is 9.73. The molecule has 0 N–H and O–H groups in total. The number of nitrogens with zero attached hydrogens (tertiary/aromatic N) is 1. The van der Waals surface area contributed by atoms with Crippen molar-refractivity contribution in [2.75, 3.05) is 32.8 Å². The average molecular weight is 440 g/mol. The van der Waals surface area contributed by atoms with Gasteiger partial charge >= 0.3 is 5.97 Å². The zero-order valence-corrected chi connectivity index (χ0v) is 19.4. The molecule has 1 unspecified atom stereocenters. The van der Waals surface area contributed by atoms with Crippen LogP contribution in [-0.4, -0.2) is 55.1 Å². The highest BCUT2D eigenvalue weighted by atomic mass is 16.6. The predicted molar refractivity (Wildman–Crippen MR) is 122 cm³/mol. The Morgan fingerprint density at radius 1 is 1.19 bits per heavy atom. The zero-order valence-electron chi connectivity index (χ0n) is 19.4. The molecule has 1 heterocycles. The summed E-state index contributed by atoms with van der Waals surface area (Å²) in [6.45, 7) is 5.41. The molecule has 4 aliphatic carbocycles. The quantitative estimate of drug-likeness (QED) is 0.493. The fourth-order valence-corrected chi connectivity index (χ4v) is 8.29. The first-order valence-corrected chi connectivity index (χ1v) is 12.7. The number of carbonyl (C=O) groups is 2. The first-order chi connectivity index (χ1) is 15.5. The fraction of sp³-hybridized carbons (Fsp3) is 0.778. The Balaban J connectivity index is 1.36. The SMILES string of the molecule is C#CC1(OC(=O)CN2CCOCC2)CC[C@H]2[C@@H]3CCC4=CC(=O)CC[C@@H]4[C@H]3CC[C@@]21CC. The van der Waals surface area contributed by atoms with Crippen LogP contribution in [-0.2, 0) is 19.1 Å². The third kappa shape index (κ3) is 3.46. The normalized spacial score (nSPS) is 41.6. The monoisotopic (exact) mass is 439 g/mol. The number of fused-ring (bicyclic) bond motifs is 5. The minimum atomic E-state index is -0.778. The van der Waals surface area contributed by atoms with Gasteiger partial charge in [-0.1, -0.05) is 18.4 Å². The number of esters is 1. The topological polar surface area (TPSA) is 55.8 Å². The summed E-state index contributed by atoms with van der Waals surface area (Å²) in [5, 5.41) is 0. The summed E-state index contributed by atoms with van der Waals surface area (Å²) in [5.74, 6) is 5.56. The van der Waals surface area contributed by atoms with E-state index in [9.17, 15) is 9.59 Å². The molecule has 5 rings (SSSR count). The molecule has 0 amide bonds. The van der Waals surface area contributed by atoms with Gasteiger partial charge in [0.25, 0.3) is 0 Å². The Kier molecular flexibility index (Phi) is 5.97. The molecule has 174 valence electrons. The van der Waals surface area contributed by atoms with Crippen LogP contribution in [0.4, 0.5) is 0 Å². The van der Waals surface area contributed by atoms with Crippen LogP contribution in [0.1, 0.15) is 64.7 Å². The van der Waals surface area contributed by atoms with E-state index in [0.717, 1.165) is 64.5 Å². The van der Waals surface area contributed by atoms with E-state index in [1.165, 1.54) is 5.57 Å². The van der Waals surface area contributed by atoms with Crippen LogP contribution in [0, 0.1) is 41.4 Å². The number of ether oxygens (including phenoxy) is 2. The summed E-state index contributed by atoms with van der Waals surface area (Å²) in [5.41, 5.74) is 0.513. The van der Waals surface area contributed by atoms with Gasteiger partial charge in [-0.15, -0.1) is 6.42 Å². The molecular weight excluding hydrogens is 402 g/mol. The molecule has 0 bridgehead atoms. The van der Waals surface area contributed by atoms with Gasteiger partial charge in [-0.05, 0) is 81.1 Å². The summed E-state index contributed by atoms with van der Waals surface area (Å²) >= 11 is 0. The van der Waals surface area contributed by atoms with Gasteiger partial charge in [0.1, 0.15) is 0 Å². The fourth-order valence-electron chi connectivity index (χ4n) is 8.29. The van der Waals surface area contributed by atoms with Gasteiger partial charge in [-0.2, -0.15) is 0 Å². The van der Waals surface area contributed by atoms with E-state index in [-0.39, 0.29) is 11.4 Å². The number of morpholine rings is 1. The molecule has 1 aliphatic heterocycles. The lowest BCUT2D eigenvalue weighted by atomic mass is 9.49. The average Bonchev–Trinajstić information content (AvgIpc) is 3.14. The molecule has 6 atom stereocenters. The molecule has 4 fully saturated rings.